The van der Waals surface area contributed by atoms with Crippen LogP contribution in [-0.2, 0) is 10.0 Å². The Morgan fingerprint density at radius 2 is 1.69 bits per heavy atom. The summed E-state index contributed by atoms with van der Waals surface area (Å²) in [5, 5.41) is 0.704. The minimum atomic E-state index is -3.54. The van der Waals surface area contributed by atoms with Gasteiger partial charge in [-0.15, -0.1) is 11.3 Å². The highest BCUT2D eigenvalue weighted by atomic mass is 35.5. The molecule has 0 aliphatic carbocycles. The maximum absolute atomic E-state index is 13.6. The summed E-state index contributed by atoms with van der Waals surface area (Å²) in [5.41, 5.74) is 8.51. The van der Waals surface area contributed by atoms with Gasteiger partial charge in [0.2, 0.25) is 10.0 Å². The Morgan fingerprint density at radius 3 is 2.28 bits per heavy atom. The van der Waals surface area contributed by atoms with E-state index in [2.05, 4.69) is 22.7 Å². The van der Waals surface area contributed by atoms with Crippen molar-refractivity contribution in [3.8, 4) is 0 Å². The smallest absolute Gasteiger partial charge is 0.244 e. The van der Waals surface area contributed by atoms with Gasteiger partial charge in [0.1, 0.15) is 4.90 Å². The molecule has 0 saturated carbocycles. The molecule has 1 aromatic carbocycles. The Balaban J connectivity index is 1.56. The van der Waals surface area contributed by atoms with E-state index in [9.17, 15) is 8.42 Å². The van der Waals surface area contributed by atoms with E-state index >= 15 is 0 Å². The Bertz CT molecular complexity index is 983. The first-order valence-electron chi connectivity index (χ1n) is 9.89. The van der Waals surface area contributed by atoms with Crippen LogP contribution in [0.4, 0.5) is 5.69 Å². The zero-order valence-electron chi connectivity index (χ0n) is 16.9. The van der Waals surface area contributed by atoms with E-state index < -0.39 is 10.0 Å². The number of aryl methyl sites for hydroxylation is 2. The SMILES string of the molecule is Cc1sc(C)c(S(=O)(=O)N2CCN(c3ccc(Cl)cc3)CC2)c1C1CC(C)NN1. The number of nitrogens with one attached hydrogen (secondary N) is 2. The van der Waals surface area contributed by atoms with Gasteiger partial charge in [-0.1, -0.05) is 11.6 Å². The van der Waals surface area contributed by atoms with Crippen LogP contribution in [0, 0.1) is 13.8 Å². The van der Waals surface area contributed by atoms with Crippen molar-refractivity contribution in [3.05, 3.63) is 44.6 Å². The van der Waals surface area contributed by atoms with E-state index in [4.69, 9.17) is 11.6 Å². The van der Waals surface area contributed by atoms with Gasteiger partial charge >= 0.3 is 0 Å². The second-order valence-corrected chi connectivity index (χ2v) is 11.5. The predicted octanol–water partition coefficient (Wildman–Crippen LogP) is 3.46. The van der Waals surface area contributed by atoms with E-state index in [1.165, 1.54) is 0 Å². The zero-order chi connectivity index (χ0) is 20.8. The molecule has 2 saturated heterocycles. The van der Waals surface area contributed by atoms with Crippen LogP contribution < -0.4 is 15.8 Å². The van der Waals surface area contributed by atoms with Crippen LogP contribution in [0.3, 0.4) is 0 Å². The number of rotatable bonds is 4. The van der Waals surface area contributed by atoms with Crippen molar-refractivity contribution in [2.75, 3.05) is 31.1 Å². The Hall–Kier alpha value is -1.16. The van der Waals surface area contributed by atoms with E-state index in [0.717, 1.165) is 27.4 Å². The number of sulfonamides is 1. The molecule has 3 heterocycles. The summed E-state index contributed by atoms with van der Waals surface area (Å²) >= 11 is 7.56. The van der Waals surface area contributed by atoms with Gasteiger partial charge in [-0.2, -0.15) is 4.31 Å². The number of anilines is 1. The number of hydrogen-bond acceptors (Lipinski definition) is 6. The number of hydrogen-bond donors (Lipinski definition) is 2. The molecule has 2 N–H and O–H groups in total. The van der Waals surface area contributed by atoms with Crippen molar-refractivity contribution < 1.29 is 8.42 Å². The molecule has 6 nitrogen and oxygen atoms in total. The monoisotopic (exact) mass is 454 g/mol. The van der Waals surface area contributed by atoms with Crippen LogP contribution in [-0.4, -0.2) is 44.9 Å². The number of nitrogens with zero attached hydrogens (tertiary/aromatic N) is 2. The summed E-state index contributed by atoms with van der Waals surface area (Å²) < 4.78 is 28.9. The minimum Gasteiger partial charge on any atom is -0.369 e. The first-order valence-corrected chi connectivity index (χ1v) is 12.5. The van der Waals surface area contributed by atoms with E-state index in [-0.39, 0.29) is 6.04 Å². The lowest BCUT2D eigenvalue weighted by molar-refractivity contribution is 0.384. The number of thiophene rings is 1. The molecule has 2 aromatic rings. The zero-order valence-corrected chi connectivity index (χ0v) is 19.3. The van der Waals surface area contributed by atoms with Crippen LogP contribution in [0.2, 0.25) is 5.02 Å². The largest absolute Gasteiger partial charge is 0.369 e. The summed E-state index contributed by atoms with van der Waals surface area (Å²) in [6.07, 6.45) is 0.879. The van der Waals surface area contributed by atoms with Crippen molar-refractivity contribution in [2.24, 2.45) is 0 Å². The summed E-state index contributed by atoms with van der Waals surface area (Å²) in [4.78, 5) is 4.67. The molecular formula is C20H27ClN4O2S2. The van der Waals surface area contributed by atoms with Gasteiger partial charge < -0.3 is 4.90 Å². The molecular weight excluding hydrogens is 428 g/mol. The van der Waals surface area contributed by atoms with Crippen LogP contribution in [0.1, 0.15) is 34.7 Å². The maximum Gasteiger partial charge on any atom is 0.244 e. The second kappa shape index (κ2) is 8.17. The average Bonchev–Trinajstić information content (AvgIpc) is 3.24. The third-order valence-electron chi connectivity index (χ3n) is 5.72. The lowest BCUT2D eigenvalue weighted by atomic mass is 10.0. The number of benzene rings is 1. The molecule has 0 radical (unpaired) electrons. The lowest BCUT2D eigenvalue weighted by Gasteiger charge is -2.35. The van der Waals surface area contributed by atoms with Gasteiger partial charge in [0.25, 0.3) is 0 Å². The number of halogens is 1. The molecule has 2 fully saturated rings. The summed E-state index contributed by atoms with van der Waals surface area (Å²) in [6.45, 7) is 8.33. The van der Waals surface area contributed by atoms with Crippen LogP contribution in [0.15, 0.2) is 29.2 Å². The topological polar surface area (TPSA) is 64.7 Å². The normalized spacial score (nSPS) is 23.7. The van der Waals surface area contributed by atoms with Gasteiger partial charge in [-0.3, -0.25) is 5.43 Å². The van der Waals surface area contributed by atoms with Crippen molar-refractivity contribution in [1.29, 1.82) is 0 Å². The van der Waals surface area contributed by atoms with Crippen molar-refractivity contribution >= 4 is 38.6 Å². The molecule has 0 amide bonds. The average molecular weight is 455 g/mol. The fourth-order valence-corrected chi connectivity index (χ4v) is 7.76. The summed E-state index contributed by atoms with van der Waals surface area (Å²) in [7, 11) is -3.54. The molecule has 158 valence electrons. The van der Waals surface area contributed by atoms with Gasteiger partial charge in [0.05, 0.1) is 6.04 Å². The Kier molecular flexibility index (Phi) is 5.94. The molecule has 2 atom stereocenters. The first kappa shape index (κ1) is 21.1. The summed E-state index contributed by atoms with van der Waals surface area (Å²) in [5.74, 6) is 0. The molecule has 2 aliphatic rings. The first-order chi connectivity index (χ1) is 13.8. The molecule has 9 heteroatoms. The molecule has 2 unspecified atom stereocenters. The summed E-state index contributed by atoms with van der Waals surface area (Å²) in [6, 6.07) is 8.04. The highest BCUT2D eigenvalue weighted by Crippen LogP contribution is 2.39. The van der Waals surface area contributed by atoms with E-state index in [0.29, 0.717) is 42.1 Å². The van der Waals surface area contributed by atoms with Crippen LogP contribution in [0.5, 0.6) is 0 Å². The maximum atomic E-state index is 13.6. The van der Waals surface area contributed by atoms with E-state index in [1.807, 2.05) is 38.1 Å². The third kappa shape index (κ3) is 4.06. The highest BCUT2D eigenvalue weighted by Gasteiger charge is 2.37. The predicted molar refractivity (Wildman–Crippen MR) is 119 cm³/mol. The van der Waals surface area contributed by atoms with Crippen LogP contribution in [0.25, 0.3) is 0 Å². The molecule has 0 spiro atoms. The molecule has 0 bridgehead atoms. The van der Waals surface area contributed by atoms with Crippen molar-refractivity contribution in [2.45, 2.75) is 44.2 Å². The number of hydrazine groups is 1. The fourth-order valence-electron chi connectivity index (χ4n) is 4.28. The highest BCUT2D eigenvalue weighted by molar-refractivity contribution is 7.89. The van der Waals surface area contributed by atoms with Gasteiger partial charge in [-0.25, -0.2) is 13.8 Å². The Labute approximate surface area is 181 Å². The molecule has 2 aliphatic heterocycles. The van der Waals surface area contributed by atoms with Crippen molar-refractivity contribution in [1.82, 2.24) is 15.2 Å². The Morgan fingerprint density at radius 1 is 1.03 bits per heavy atom. The van der Waals surface area contributed by atoms with Crippen molar-refractivity contribution in [3.63, 3.8) is 0 Å². The third-order valence-corrected chi connectivity index (χ3v) is 9.22. The van der Waals surface area contributed by atoms with E-state index in [1.54, 1.807) is 15.6 Å². The van der Waals surface area contributed by atoms with Crippen LogP contribution >= 0.6 is 22.9 Å². The molecule has 1 aromatic heterocycles. The fraction of sp³-hybridized carbons (Fsp3) is 0.500. The van der Waals surface area contributed by atoms with Gasteiger partial charge in [-0.05, 0) is 51.5 Å². The molecule has 29 heavy (non-hydrogen) atoms. The minimum absolute atomic E-state index is 0.0232. The second-order valence-electron chi connectivity index (χ2n) is 7.80. The lowest BCUT2D eigenvalue weighted by Crippen LogP contribution is -2.49. The van der Waals surface area contributed by atoms with Gasteiger partial charge in [0.15, 0.2) is 0 Å². The number of piperazine rings is 1. The van der Waals surface area contributed by atoms with Gasteiger partial charge in [0, 0.05) is 58.2 Å². The molecule has 4 rings (SSSR count). The quantitative estimate of drug-likeness (QED) is 0.740. The standard InChI is InChI=1S/C20H27ClN4O2S2/c1-13-12-18(23-22-13)19-14(2)28-15(3)20(19)29(26,27)25-10-8-24(9-11-25)17-6-4-16(21)5-7-17/h4-7,13,18,22-23H,8-12H2,1-3H3.